The van der Waals surface area contributed by atoms with Gasteiger partial charge in [-0.3, -0.25) is 9.59 Å². The number of ether oxygens (including phenoxy) is 4. The van der Waals surface area contributed by atoms with Crippen molar-refractivity contribution in [1.82, 2.24) is 15.5 Å². The van der Waals surface area contributed by atoms with Gasteiger partial charge < -0.3 is 34.5 Å². The first-order chi connectivity index (χ1) is 19.4. The number of carbonyl (C=O) groups is 2. The first kappa shape index (κ1) is 28.8. The van der Waals surface area contributed by atoms with Gasteiger partial charge in [-0.05, 0) is 94.9 Å². The molecule has 0 radical (unpaired) electrons. The second-order valence-electron chi connectivity index (χ2n) is 13.5. The maximum absolute atomic E-state index is 14.2. The summed E-state index contributed by atoms with van der Waals surface area (Å²) in [7, 11) is 5.25. The maximum Gasteiger partial charge on any atom is 0.248 e. The normalized spacial score (nSPS) is 45.3. The zero-order valence-electron chi connectivity index (χ0n) is 24.9. The predicted octanol–water partition coefficient (Wildman–Crippen LogP) is 2.51. The summed E-state index contributed by atoms with van der Waals surface area (Å²) in [6.45, 7) is 3.59. The van der Waals surface area contributed by atoms with Gasteiger partial charge in [-0.15, -0.1) is 0 Å². The van der Waals surface area contributed by atoms with Crippen LogP contribution in [0.5, 0.6) is 0 Å². The first-order valence-corrected chi connectivity index (χ1v) is 16.0. The Morgan fingerprint density at radius 2 is 1.80 bits per heavy atom. The number of fused-ring (bicyclic) bond motifs is 5. The summed E-state index contributed by atoms with van der Waals surface area (Å²) in [6.07, 6.45) is 9.95. The van der Waals surface area contributed by atoms with Crippen LogP contribution in [0.15, 0.2) is 0 Å². The van der Waals surface area contributed by atoms with Crippen LogP contribution in [0.4, 0.5) is 0 Å². The van der Waals surface area contributed by atoms with E-state index in [9.17, 15) is 9.59 Å². The zero-order chi connectivity index (χ0) is 28.0. The summed E-state index contributed by atoms with van der Waals surface area (Å²) >= 11 is 0. The minimum atomic E-state index is -0.467. The zero-order valence-corrected chi connectivity index (χ0v) is 24.9. The number of hydrogen-bond acceptors (Lipinski definition) is 7. The molecule has 6 aliphatic rings. The summed E-state index contributed by atoms with van der Waals surface area (Å²) in [5.74, 6) is 1.84. The summed E-state index contributed by atoms with van der Waals surface area (Å²) in [6, 6.07) is 0.847. The number of methoxy groups -OCH3 is 3. The summed E-state index contributed by atoms with van der Waals surface area (Å²) in [5.41, 5.74) is 0. The molecule has 2 N–H and O–H groups in total. The summed E-state index contributed by atoms with van der Waals surface area (Å²) in [4.78, 5) is 29.5. The molecule has 40 heavy (non-hydrogen) atoms. The fraction of sp³-hybridized carbons (Fsp3) is 0.935. The van der Waals surface area contributed by atoms with E-state index >= 15 is 0 Å². The van der Waals surface area contributed by atoms with E-state index in [0.29, 0.717) is 42.4 Å². The topological polar surface area (TPSA) is 98.4 Å². The molecule has 3 aliphatic carbocycles. The standard InChI is InChI=1S/C31H51N3O6/c1-17(30(35)33-16-18-6-5-7-19(14-18)37-2)40-20-8-10-24-23(15-20)21-12-13-32-27-22-9-11-25(38-3)29(39-4)26(22)31(36)34(24)28(21)27/h17-29,32H,5-16H2,1-4H3,(H,33,35)/t17-,18?,19?,20?,21?,22?,23?,24?,25?,26?,27?,28?,29?/m0/s1. The van der Waals surface area contributed by atoms with Gasteiger partial charge in [-0.2, -0.15) is 0 Å². The Kier molecular flexibility index (Phi) is 8.76. The van der Waals surface area contributed by atoms with Crippen molar-refractivity contribution in [3.8, 4) is 0 Å². The number of rotatable bonds is 8. The Balaban J connectivity index is 1.09. The molecule has 13 atom stereocenters. The van der Waals surface area contributed by atoms with Crippen molar-refractivity contribution in [2.75, 3.05) is 34.4 Å². The number of amides is 2. The van der Waals surface area contributed by atoms with Crippen LogP contribution in [0.3, 0.4) is 0 Å². The molecule has 226 valence electrons. The quantitative estimate of drug-likeness (QED) is 0.470. The molecule has 3 aliphatic heterocycles. The van der Waals surface area contributed by atoms with Crippen molar-refractivity contribution in [1.29, 1.82) is 0 Å². The molecular formula is C31H51N3O6. The Morgan fingerprint density at radius 3 is 2.58 bits per heavy atom. The van der Waals surface area contributed by atoms with E-state index in [4.69, 9.17) is 18.9 Å². The second-order valence-corrected chi connectivity index (χ2v) is 13.5. The largest absolute Gasteiger partial charge is 0.381 e. The average Bonchev–Trinajstić information content (AvgIpc) is 3.32. The molecule has 0 spiro atoms. The minimum absolute atomic E-state index is 0.00927. The van der Waals surface area contributed by atoms with E-state index < -0.39 is 6.10 Å². The molecule has 9 heteroatoms. The third kappa shape index (κ3) is 5.12. The summed E-state index contributed by atoms with van der Waals surface area (Å²) in [5, 5.41) is 7.01. The van der Waals surface area contributed by atoms with Crippen LogP contribution < -0.4 is 10.6 Å². The van der Waals surface area contributed by atoms with Crippen molar-refractivity contribution in [3.63, 3.8) is 0 Å². The molecule has 0 aromatic rings. The highest BCUT2D eigenvalue weighted by Gasteiger charge is 2.64. The van der Waals surface area contributed by atoms with Crippen LogP contribution in [-0.4, -0.2) is 99.8 Å². The van der Waals surface area contributed by atoms with Gasteiger partial charge in [0.1, 0.15) is 6.10 Å². The fourth-order valence-corrected chi connectivity index (χ4v) is 9.84. The van der Waals surface area contributed by atoms with Crippen molar-refractivity contribution in [2.24, 2.45) is 29.6 Å². The van der Waals surface area contributed by atoms with Gasteiger partial charge in [0, 0.05) is 40.0 Å². The Morgan fingerprint density at radius 1 is 0.950 bits per heavy atom. The van der Waals surface area contributed by atoms with Gasteiger partial charge in [0.15, 0.2) is 0 Å². The third-order valence-corrected chi connectivity index (χ3v) is 11.6. The van der Waals surface area contributed by atoms with Crippen molar-refractivity contribution in [2.45, 2.75) is 120 Å². The Labute approximate surface area is 239 Å². The van der Waals surface area contributed by atoms with Gasteiger partial charge in [-0.25, -0.2) is 0 Å². The highest BCUT2D eigenvalue weighted by molar-refractivity contribution is 5.83. The van der Waals surface area contributed by atoms with E-state index in [1.54, 1.807) is 21.3 Å². The molecular weight excluding hydrogens is 510 g/mol. The molecule has 3 saturated carbocycles. The minimum Gasteiger partial charge on any atom is -0.381 e. The van der Waals surface area contributed by atoms with E-state index in [-0.39, 0.29) is 48.1 Å². The molecule has 0 aromatic heterocycles. The number of nitrogens with one attached hydrogen (secondary N) is 2. The van der Waals surface area contributed by atoms with E-state index in [1.807, 2.05) is 6.92 Å². The van der Waals surface area contributed by atoms with Crippen molar-refractivity contribution < 1.29 is 28.5 Å². The molecule has 6 fully saturated rings. The number of piperidine rings is 2. The Hall–Kier alpha value is -1.26. The number of carbonyl (C=O) groups excluding carboxylic acids is 2. The third-order valence-electron chi connectivity index (χ3n) is 11.6. The highest BCUT2D eigenvalue weighted by Crippen LogP contribution is 2.54. The van der Waals surface area contributed by atoms with E-state index in [1.165, 1.54) is 0 Å². The highest BCUT2D eigenvalue weighted by atomic mass is 16.5. The van der Waals surface area contributed by atoms with Crippen LogP contribution in [0, 0.1) is 29.6 Å². The average molecular weight is 562 g/mol. The summed E-state index contributed by atoms with van der Waals surface area (Å²) < 4.78 is 23.7. The fourth-order valence-electron chi connectivity index (χ4n) is 9.84. The first-order valence-electron chi connectivity index (χ1n) is 16.0. The number of hydrogen-bond donors (Lipinski definition) is 2. The monoisotopic (exact) mass is 561 g/mol. The van der Waals surface area contributed by atoms with Gasteiger partial charge in [0.25, 0.3) is 0 Å². The van der Waals surface area contributed by atoms with Gasteiger partial charge in [-0.1, -0.05) is 6.42 Å². The van der Waals surface area contributed by atoms with Crippen LogP contribution in [-0.2, 0) is 28.5 Å². The molecule has 2 amide bonds. The molecule has 0 bridgehead atoms. The lowest BCUT2D eigenvalue weighted by molar-refractivity contribution is -0.175. The van der Waals surface area contributed by atoms with Crippen LogP contribution in [0.25, 0.3) is 0 Å². The van der Waals surface area contributed by atoms with Crippen molar-refractivity contribution in [3.05, 3.63) is 0 Å². The lowest BCUT2D eigenvalue weighted by Gasteiger charge is -2.55. The molecule has 9 nitrogen and oxygen atoms in total. The SMILES string of the molecule is COC1CCCC(CNC(=O)[C@H](C)OC2CCC3C(C2)C2CCNC4C5CCC(OC)C(OC)C5C(=O)N3C24)C1. The van der Waals surface area contributed by atoms with Gasteiger partial charge in [0.2, 0.25) is 11.8 Å². The van der Waals surface area contributed by atoms with E-state index in [0.717, 1.165) is 70.8 Å². The van der Waals surface area contributed by atoms with Crippen LogP contribution in [0.2, 0.25) is 0 Å². The molecule has 3 saturated heterocycles. The lowest BCUT2D eigenvalue weighted by Crippen LogP contribution is -2.70. The molecule has 3 heterocycles. The molecule has 0 aromatic carbocycles. The maximum atomic E-state index is 14.2. The van der Waals surface area contributed by atoms with E-state index in [2.05, 4.69) is 15.5 Å². The second kappa shape index (κ2) is 12.2. The number of nitrogens with zero attached hydrogens (tertiary/aromatic N) is 1. The molecule has 6 rings (SSSR count). The molecule has 12 unspecified atom stereocenters. The van der Waals surface area contributed by atoms with Crippen LogP contribution in [0.1, 0.15) is 71.1 Å². The van der Waals surface area contributed by atoms with Crippen LogP contribution >= 0.6 is 0 Å². The van der Waals surface area contributed by atoms with Gasteiger partial charge in [0.05, 0.1) is 36.4 Å². The predicted molar refractivity (Wildman–Crippen MR) is 150 cm³/mol. The van der Waals surface area contributed by atoms with Crippen molar-refractivity contribution >= 4 is 11.8 Å². The van der Waals surface area contributed by atoms with Gasteiger partial charge >= 0.3 is 0 Å². The lowest BCUT2D eigenvalue weighted by atomic mass is 9.64. The Bertz CT molecular complexity index is 920. The smallest absolute Gasteiger partial charge is 0.248 e.